The van der Waals surface area contributed by atoms with E-state index in [1.165, 1.54) is 6.92 Å². The van der Waals surface area contributed by atoms with Crippen LogP contribution in [0.25, 0.3) is 0 Å². The van der Waals surface area contributed by atoms with Crippen LogP contribution in [0.1, 0.15) is 34.1 Å². The molecule has 0 aromatic rings. The predicted octanol–water partition coefficient (Wildman–Crippen LogP) is -2.36. The fraction of sp³-hybridized carbons (Fsp3) is 0.917. The van der Waals surface area contributed by atoms with Crippen molar-refractivity contribution in [2.24, 2.45) is 0 Å². The van der Waals surface area contributed by atoms with Crippen LogP contribution in [-0.4, -0.2) is 62.5 Å². The lowest BCUT2D eigenvalue weighted by Gasteiger charge is -2.39. The van der Waals surface area contributed by atoms with Gasteiger partial charge < -0.3 is 30.3 Å². The van der Waals surface area contributed by atoms with Crippen molar-refractivity contribution in [3.63, 3.8) is 0 Å². The van der Waals surface area contributed by atoms with E-state index < -0.39 is 42.1 Å². The van der Waals surface area contributed by atoms with Crippen molar-refractivity contribution in [3.05, 3.63) is 0 Å². The molecule has 0 saturated heterocycles. The van der Waals surface area contributed by atoms with E-state index in [2.05, 4.69) is 9.93 Å². The third-order valence-corrected chi connectivity index (χ3v) is 2.72. The maximum Gasteiger partial charge on any atom is 0.174 e. The van der Waals surface area contributed by atoms with Crippen molar-refractivity contribution in [2.45, 2.75) is 63.6 Å². The number of carboxylic acid groups (broad SMARTS) is 1. The van der Waals surface area contributed by atoms with Crippen LogP contribution >= 0.6 is 0 Å². The minimum atomic E-state index is -2.49. The third-order valence-electron chi connectivity index (χ3n) is 2.72. The number of carbonyl (C=O) groups is 1. The van der Waals surface area contributed by atoms with E-state index in [0.29, 0.717) is 0 Å². The van der Waals surface area contributed by atoms with Crippen molar-refractivity contribution >= 4 is 5.97 Å². The Labute approximate surface area is 122 Å². The number of carboxylic acids is 1. The summed E-state index contributed by atoms with van der Waals surface area (Å²) in [6.07, 6.45) is -6.25. The fourth-order valence-electron chi connectivity index (χ4n) is 1.39. The molecule has 0 saturated carbocycles. The van der Waals surface area contributed by atoms with Crippen LogP contribution < -0.4 is 5.11 Å². The lowest BCUT2D eigenvalue weighted by molar-refractivity contribution is -0.571. The van der Waals surface area contributed by atoms with Crippen LogP contribution in [0.2, 0.25) is 0 Å². The molecule has 126 valence electrons. The van der Waals surface area contributed by atoms with Gasteiger partial charge in [-0.1, -0.05) is 12.0 Å². The molecule has 0 heterocycles. The average Bonchev–Trinajstić information content (AvgIpc) is 2.39. The fourth-order valence-corrected chi connectivity index (χ4v) is 1.39. The maximum absolute atomic E-state index is 11.3. The second-order valence-electron chi connectivity index (χ2n) is 5.56. The molecule has 0 amide bonds. The van der Waals surface area contributed by atoms with E-state index >= 15 is 0 Å². The second kappa shape index (κ2) is 7.99. The summed E-state index contributed by atoms with van der Waals surface area (Å²) in [5, 5.41) is 53.2. The van der Waals surface area contributed by atoms with Gasteiger partial charge in [-0.25, -0.2) is 4.89 Å². The highest BCUT2D eigenvalue weighted by atomic mass is 17.5. The normalized spacial score (nSPS) is 19.6. The van der Waals surface area contributed by atoms with Gasteiger partial charge in [-0.05, 0) is 27.2 Å². The number of aliphatic hydroxyl groups excluding tert-OH is 4. The van der Waals surface area contributed by atoms with Crippen LogP contribution in [0, 0.1) is 0 Å². The molecule has 0 aliphatic carbocycles. The molecule has 0 radical (unpaired) electrons. The summed E-state index contributed by atoms with van der Waals surface area (Å²) in [4.78, 5) is 20.6. The third kappa shape index (κ3) is 5.47. The van der Waals surface area contributed by atoms with E-state index in [1.54, 1.807) is 20.8 Å². The van der Waals surface area contributed by atoms with Crippen LogP contribution in [0.3, 0.4) is 0 Å². The van der Waals surface area contributed by atoms with E-state index in [-0.39, 0.29) is 6.42 Å². The summed E-state index contributed by atoms with van der Waals surface area (Å²) in [5.41, 5.74) is -3.31. The Morgan fingerprint density at radius 2 is 1.71 bits per heavy atom. The number of rotatable bonds is 9. The SMILES string of the molecule is CCC(OOOC(C)(C)C)(C(=O)[O-])C(O)C(O)C(O)CO. The molecule has 4 atom stereocenters. The second-order valence-corrected chi connectivity index (χ2v) is 5.56. The van der Waals surface area contributed by atoms with Gasteiger partial charge >= 0.3 is 0 Å². The summed E-state index contributed by atoms with van der Waals surface area (Å²) < 4.78 is 0. The van der Waals surface area contributed by atoms with Gasteiger partial charge in [-0.2, -0.15) is 4.89 Å². The monoisotopic (exact) mass is 311 g/mol. The highest BCUT2D eigenvalue weighted by molar-refractivity contribution is 5.76. The number of aliphatic carboxylic acids is 1. The van der Waals surface area contributed by atoms with Crippen molar-refractivity contribution in [3.8, 4) is 0 Å². The summed E-state index contributed by atoms with van der Waals surface area (Å²) in [6, 6.07) is 0. The first kappa shape index (κ1) is 20.2. The molecule has 0 aromatic carbocycles. The summed E-state index contributed by atoms with van der Waals surface area (Å²) in [7, 11) is 0. The molecule has 0 fully saturated rings. The molecule has 0 aliphatic rings. The van der Waals surface area contributed by atoms with Crippen LogP contribution in [0.15, 0.2) is 0 Å². The molecular weight excluding hydrogens is 288 g/mol. The van der Waals surface area contributed by atoms with Gasteiger partial charge in [0.1, 0.15) is 18.3 Å². The maximum atomic E-state index is 11.3. The van der Waals surface area contributed by atoms with E-state index in [0.717, 1.165) is 0 Å². The highest BCUT2D eigenvalue weighted by Gasteiger charge is 2.47. The van der Waals surface area contributed by atoms with Crippen molar-refractivity contribution in [2.75, 3.05) is 6.61 Å². The summed E-state index contributed by atoms with van der Waals surface area (Å²) >= 11 is 0. The van der Waals surface area contributed by atoms with Gasteiger partial charge in [-0.15, -0.1) is 0 Å². The van der Waals surface area contributed by atoms with Gasteiger partial charge in [0.15, 0.2) is 5.60 Å². The molecule has 0 bridgehead atoms. The molecule has 4 N–H and O–H groups in total. The molecule has 21 heavy (non-hydrogen) atoms. The number of hydrogen-bond acceptors (Lipinski definition) is 9. The van der Waals surface area contributed by atoms with Crippen molar-refractivity contribution in [1.29, 1.82) is 0 Å². The molecule has 9 heteroatoms. The van der Waals surface area contributed by atoms with E-state index in [9.17, 15) is 25.2 Å². The molecule has 0 spiro atoms. The predicted molar refractivity (Wildman–Crippen MR) is 66.1 cm³/mol. The molecule has 0 aliphatic heterocycles. The average molecular weight is 311 g/mol. The Bertz CT molecular complexity index is 327. The highest BCUT2D eigenvalue weighted by Crippen LogP contribution is 2.25. The van der Waals surface area contributed by atoms with Crippen LogP contribution in [0.4, 0.5) is 0 Å². The van der Waals surface area contributed by atoms with E-state index in [1.807, 2.05) is 0 Å². The topological polar surface area (TPSA) is 149 Å². The van der Waals surface area contributed by atoms with Gasteiger partial charge in [0.25, 0.3) is 0 Å². The van der Waals surface area contributed by atoms with Gasteiger partial charge in [0.05, 0.1) is 18.2 Å². The first-order valence-corrected chi connectivity index (χ1v) is 6.41. The number of carbonyl (C=O) groups excluding carboxylic acids is 1. The Morgan fingerprint density at radius 3 is 2.05 bits per heavy atom. The summed E-state index contributed by atoms with van der Waals surface area (Å²) in [6.45, 7) is 5.25. The number of hydrogen-bond donors (Lipinski definition) is 4. The number of aliphatic hydroxyl groups is 4. The minimum Gasteiger partial charge on any atom is -0.547 e. The van der Waals surface area contributed by atoms with Crippen LogP contribution in [-0.2, 0) is 19.6 Å². The molecule has 0 aromatic heterocycles. The van der Waals surface area contributed by atoms with Crippen LogP contribution in [0.5, 0.6) is 0 Å². The zero-order valence-electron chi connectivity index (χ0n) is 12.5. The quantitative estimate of drug-likeness (QED) is 0.271. The first-order chi connectivity index (χ1) is 9.51. The molecule has 0 rings (SSSR count). The Kier molecular flexibility index (Phi) is 7.68. The standard InChI is InChI=1S/C12H24O9/c1-5-12(10(17)18,20-21-19-11(2,3)4)9(16)8(15)7(14)6-13/h7-9,13-16H,5-6H2,1-4H3,(H,17,18)/p-1. The lowest BCUT2D eigenvalue weighted by Crippen LogP contribution is -2.63. The first-order valence-electron chi connectivity index (χ1n) is 6.41. The smallest absolute Gasteiger partial charge is 0.174 e. The van der Waals surface area contributed by atoms with Crippen molar-refractivity contribution < 1.29 is 45.1 Å². The van der Waals surface area contributed by atoms with Gasteiger partial charge in [0, 0.05) is 0 Å². The lowest BCUT2D eigenvalue weighted by atomic mass is 9.88. The molecule has 4 unspecified atom stereocenters. The zero-order chi connectivity index (χ0) is 16.8. The summed E-state index contributed by atoms with van der Waals surface area (Å²) in [5.74, 6) is -1.88. The zero-order valence-corrected chi connectivity index (χ0v) is 12.5. The van der Waals surface area contributed by atoms with Gasteiger partial charge in [0.2, 0.25) is 0 Å². The Hall–Kier alpha value is -0.810. The van der Waals surface area contributed by atoms with Crippen molar-refractivity contribution in [1.82, 2.24) is 0 Å². The van der Waals surface area contributed by atoms with E-state index in [4.69, 9.17) is 9.99 Å². The Morgan fingerprint density at radius 1 is 1.19 bits per heavy atom. The largest absolute Gasteiger partial charge is 0.547 e. The molecular formula is C12H23O9-. The minimum absolute atomic E-state index is 0.362. The van der Waals surface area contributed by atoms with Gasteiger partial charge in [-0.3, -0.25) is 0 Å². The molecule has 9 nitrogen and oxygen atoms in total. The Balaban J connectivity index is 5.11.